The number of hydrogen-bond acceptors (Lipinski definition) is 4. The number of nitrogens with one attached hydrogen (secondary N) is 1. The van der Waals surface area contributed by atoms with Crippen molar-refractivity contribution in [3.8, 4) is 11.5 Å². The molecule has 4 nitrogen and oxygen atoms in total. The van der Waals surface area contributed by atoms with Gasteiger partial charge in [-0.3, -0.25) is 4.98 Å². The van der Waals surface area contributed by atoms with Gasteiger partial charge >= 0.3 is 0 Å². The van der Waals surface area contributed by atoms with E-state index < -0.39 is 0 Å². The molecule has 0 amide bonds. The minimum Gasteiger partial charge on any atom is -0.454 e. The molecule has 0 radical (unpaired) electrons. The zero-order valence-corrected chi connectivity index (χ0v) is 11.4. The average Bonchev–Trinajstić information content (AvgIpc) is 3.00. The Hall–Kier alpha value is -2.75. The first-order valence-corrected chi connectivity index (χ1v) is 6.85. The number of aromatic nitrogens is 1. The lowest BCUT2D eigenvalue weighted by Gasteiger charge is -2.10. The van der Waals surface area contributed by atoms with Gasteiger partial charge in [0.1, 0.15) is 0 Å². The van der Waals surface area contributed by atoms with E-state index in [9.17, 15) is 0 Å². The predicted octanol–water partition coefficient (Wildman–Crippen LogP) is 3.58. The lowest BCUT2D eigenvalue weighted by atomic mass is 10.1. The molecule has 0 saturated carbocycles. The predicted molar refractivity (Wildman–Crippen MR) is 81.6 cm³/mol. The first-order chi connectivity index (χ1) is 10.4. The Morgan fingerprint density at radius 2 is 2.00 bits per heavy atom. The fourth-order valence-electron chi connectivity index (χ4n) is 2.52. The Bertz CT molecular complexity index is 796. The number of hydrogen-bond donors (Lipinski definition) is 1. The van der Waals surface area contributed by atoms with Gasteiger partial charge in [-0.05, 0) is 29.8 Å². The maximum atomic E-state index is 5.40. The van der Waals surface area contributed by atoms with Crippen LogP contribution in [0.1, 0.15) is 5.56 Å². The number of fused-ring (bicyclic) bond motifs is 2. The second kappa shape index (κ2) is 4.98. The van der Waals surface area contributed by atoms with Gasteiger partial charge in [-0.1, -0.05) is 18.2 Å². The number of pyridine rings is 1. The molecule has 4 rings (SSSR count). The van der Waals surface area contributed by atoms with Crippen LogP contribution in [-0.2, 0) is 6.54 Å². The van der Waals surface area contributed by atoms with Crippen molar-refractivity contribution in [1.82, 2.24) is 4.98 Å². The summed E-state index contributed by atoms with van der Waals surface area (Å²) in [7, 11) is 0. The van der Waals surface area contributed by atoms with Gasteiger partial charge in [0, 0.05) is 35.4 Å². The van der Waals surface area contributed by atoms with Crippen molar-refractivity contribution < 1.29 is 9.47 Å². The fraction of sp³-hybridized carbons (Fsp3) is 0.118. The molecule has 0 bridgehead atoms. The highest BCUT2D eigenvalue weighted by molar-refractivity contribution is 5.93. The fourth-order valence-corrected chi connectivity index (χ4v) is 2.52. The Balaban J connectivity index is 1.58. The molecule has 2 heterocycles. The number of benzene rings is 2. The highest BCUT2D eigenvalue weighted by Crippen LogP contribution is 2.32. The van der Waals surface area contributed by atoms with Crippen molar-refractivity contribution in [2.24, 2.45) is 0 Å². The lowest BCUT2D eigenvalue weighted by Crippen LogP contribution is -2.00. The Morgan fingerprint density at radius 1 is 1.05 bits per heavy atom. The molecule has 3 aromatic rings. The molecule has 2 aromatic carbocycles. The largest absolute Gasteiger partial charge is 0.454 e. The van der Waals surface area contributed by atoms with Crippen molar-refractivity contribution in [3.05, 3.63) is 60.4 Å². The van der Waals surface area contributed by atoms with E-state index in [1.165, 1.54) is 5.39 Å². The van der Waals surface area contributed by atoms with Crippen LogP contribution in [0.4, 0.5) is 5.69 Å². The van der Waals surface area contributed by atoms with Crippen LogP contribution in [0.5, 0.6) is 11.5 Å². The van der Waals surface area contributed by atoms with Crippen LogP contribution >= 0.6 is 0 Å². The third kappa shape index (κ3) is 2.25. The zero-order valence-electron chi connectivity index (χ0n) is 11.4. The summed E-state index contributed by atoms with van der Waals surface area (Å²) < 4.78 is 10.7. The summed E-state index contributed by atoms with van der Waals surface area (Å²) in [6.07, 6.45) is 3.69. The van der Waals surface area contributed by atoms with Gasteiger partial charge in [-0.2, -0.15) is 0 Å². The molecule has 0 unspecified atom stereocenters. The van der Waals surface area contributed by atoms with Gasteiger partial charge in [-0.25, -0.2) is 0 Å². The topological polar surface area (TPSA) is 43.4 Å². The highest BCUT2D eigenvalue weighted by Gasteiger charge is 2.13. The third-order valence-electron chi connectivity index (χ3n) is 3.60. The van der Waals surface area contributed by atoms with Crippen LogP contribution in [0, 0.1) is 0 Å². The smallest absolute Gasteiger partial charge is 0.231 e. The maximum absolute atomic E-state index is 5.40. The molecular weight excluding hydrogens is 264 g/mol. The van der Waals surface area contributed by atoms with E-state index in [0.29, 0.717) is 6.79 Å². The van der Waals surface area contributed by atoms with E-state index in [2.05, 4.69) is 22.4 Å². The summed E-state index contributed by atoms with van der Waals surface area (Å²) >= 11 is 0. The summed E-state index contributed by atoms with van der Waals surface area (Å²) in [4.78, 5) is 4.15. The molecule has 0 atom stereocenters. The SMILES string of the molecule is c1cc(NCc2ccc3c(c2)OCO3)c2ccncc2c1. The van der Waals surface area contributed by atoms with Crippen LogP contribution in [0.2, 0.25) is 0 Å². The second-order valence-corrected chi connectivity index (χ2v) is 4.94. The van der Waals surface area contributed by atoms with Gasteiger partial charge in [0.15, 0.2) is 11.5 Å². The standard InChI is InChI=1S/C17H14N2O2/c1-2-13-10-18-7-6-14(13)15(3-1)19-9-12-4-5-16-17(8-12)21-11-20-16/h1-8,10,19H,9,11H2. The van der Waals surface area contributed by atoms with Crippen LogP contribution < -0.4 is 14.8 Å². The van der Waals surface area contributed by atoms with Crippen molar-refractivity contribution in [2.45, 2.75) is 6.54 Å². The maximum Gasteiger partial charge on any atom is 0.231 e. The van der Waals surface area contributed by atoms with Gasteiger partial charge in [0.05, 0.1) is 0 Å². The molecule has 0 spiro atoms. The number of rotatable bonds is 3. The van der Waals surface area contributed by atoms with E-state index in [4.69, 9.17) is 9.47 Å². The first kappa shape index (κ1) is 12.0. The molecule has 1 aliphatic rings. The van der Waals surface area contributed by atoms with E-state index in [1.54, 1.807) is 0 Å². The monoisotopic (exact) mass is 278 g/mol. The molecule has 1 N–H and O–H groups in total. The number of anilines is 1. The summed E-state index contributed by atoms with van der Waals surface area (Å²) in [5.41, 5.74) is 2.26. The summed E-state index contributed by atoms with van der Waals surface area (Å²) in [5.74, 6) is 1.63. The molecule has 21 heavy (non-hydrogen) atoms. The molecule has 1 aromatic heterocycles. The van der Waals surface area contributed by atoms with Crippen molar-refractivity contribution in [2.75, 3.05) is 12.1 Å². The van der Waals surface area contributed by atoms with E-state index >= 15 is 0 Å². The van der Waals surface area contributed by atoms with Crippen molar-refractivity contribution >= 4 is 16.5 Å². The van der Waals surface area contributed by atoms with Crippen molar-refractivity contribution in [1.29, 1.82) is 0 Å². The summed E-state index contributed by atoms with van der Waals surface area (Å²) in [6.45, 7) is 1.04. The first-order valence-electron chi connectivity index (χ1n) is 6.85. The quantitative estimate of drug-likeness (QED) is 0.795. The van der Waals surface area contributed by atoms with E-state index in [0.717, 1.165) is 34.7 Å². The minimum atomic E-state index is 0.308. The minimum absolute atomic E-state index is 0.308. The Morgan fingerprint density at radius 3 is 3.00 bits per heavy atom. The van der Waals surface area contributed by atoms with Gasteiger partial charge in [0.25, 0.3) is 0 Å². The normalized spacial score (nSPS) is 12.6. The van der Waals surface area contributed by atoms with Crippen LogP contribution in [0.25, 0.3) is 10.8 Å². The second-order valence-electron chi connectivity index (χ2n) is 4.94. The van der Waals surface area contributed by atoms with Crippen LogP contribution in [-0.4, -0.2) is 11.8 Å². The molecule has 1 aliphatic heterocycles. The third-order valence-corrected chi connectivity index (χ3v) is 3.60. The molecule has 0 fully saturated rings. The lowest BCUT2D eigenvalue weighted by molar-refractivity contribution is 0.174. The summed E-state index contributed by atoms with van der Waals surface area (Å²) in [6, 6.07) is 14.2. The Kier molecular flexibility index (Phi) is 2.85. The highest BCUT2D eigenvalue weighted by atomic mass is 16.7. The molecule has 4 heteroatoms. The molecule has 104 valence electrons. The van der Waals surface area contributed by atoms with E-state index in [1.807, 2.05) is 42.7 Å². The Labute approximate surface area is 122 Å². The number of nitrogens with zero attached hydrogens (tertiary/aromatic N) is 1. The van der Waals surface area contributed by atoms with Crippen LogP contribution in [0.3, 0.4) is 0 Å². The van der Waals surface area contributed by atoms with E-state index in [-0.39, 0.29) is 0 Å². The average molecular weight is 278 g/mol. The van der Waals surface area contributed by atoms with Gasteiger partial charge < -0.3 is 14.8 Å². The van der Waals surface area contributed by atoms with Crippen LogP contribution in [0.15, 0.2) is 54.9 Å². The molecular formula is C17H14N2O2. The van der Waals surface area contributed by atoms with Gasteiger partial charge in [-0.15, -0.1) is 0 Å². The molecule has 0 saturated heterocycles. The molecule has 0 aliphatic carbocycles. The van der Waals surface area contributed by atoms with Crippen molar-refractivity contribution in [3.63, 3.8) is 0 Å². The number of ether oxygens (including phenoxy) is 2. The van der Waals surface area contributed by atoms with Gasteiger partial charge in [0.2, 0.25) is 6.79 Å². The zero-order chi connectivity index (χ0) is 14.1. The summed E-state index contributed by atoms with van der Waals surface area (Å²) in [5, 5.41) is 5.78.